The molecule has 2 aromatic carbocycles. The first-order valence-corrected chi connectivity index (χ1v) is 16.8. The van der Waals surface area contributed by atoms with Crippen LogP contribution >= 0.6 is 0 Å². The predicted molar refractivity (Wildman–Crippen MR) is 178 cm³/mol. The summed E-state index contributed by atoms with van der Waals surface area (Å²) >= 11 is 0. The molecule has 0 fully saturated rings. The number of hydrogen-bond acceptors (Lipinski definition) is 8. The van der Waals surface area contributed by atoms with Gasteiger partial charge in [-0.1, -0.05) is 82.3 Å². The van der Waals surface area contributed by atoms with Gasteiger partial charge in [-0.15, -0.1) is 6.58 Å². The number of nitrogens with zero attached hydrogens (tertiary/aromatic N) is 3. The molecular weight excluding hydrogens is 843 g/mol. The first-order valence-electron chi connectivity index (χ1n) is 15.4. The Morgan fingerprint density at radius 2 is 1.76 bits per heavy atom. The van der Waals surface area contributed by atoms with Crippen molar-refractivity contribution < 1.29 is 61.5 Å². The molecule has 14 heteroatoms. The van der Waals surface area contributed by atoms with E-state index in [4.69, 9.17) is 32.4 Å². The van der Waals surface area contributed by atoms with Gasteiger partial charge in [0.15, 0.2) is 10.1 Å². The minimum Gasteiger partial charge on any atom is -0.741 e. The zero-order valence-corrected chi connectivity index (χ0v) is 30.9. The van der Waals surface area contributed by atoms with Crippen molar-refractivity contribution in [2.75, 3.05) is 13.7 Å². The summed E-state index contributed by atoms with van der Waals surface area (Å²) in [6.45, 7) is 14.2. The maximum atomic E-state index is 12.9. The van der Waals surface area contributed by atoms with Crippen molar-refractivity contribution >= 4 is 33.4 Å². The fraction of sp³-hybridized carbons (Fsp3) is 0.400. The number of fused-ring (bicyclic) bond motifs is 1. The standard InChI is InChI=1S/C34H39N3O3.CHF3O3S.Pt/c1-7-34(8-2)19-14-20-37-27(32(38)39-6)21-25(30(34)37)24-17-12-13-18-26(24)35-29(23-15-10-9-11-16-23)31-36-28(22-40-31)33(3,4)5;2-1(3,4)8(5,6)7;/h7,9-13,15-18,21,28H,1,8,14,19-20,22H2,2-6H3;(H,5,6,7);/p-1/t28-,34+;;/m0../s1. The van der Waals surface area contributed by atoms with Crippen molar-refractivity contribution in [3.05, 3.63) is 90.3 Å². The number of hydrogen-bond donors (Lipinski definition) is 0. The van der Waals surface area contributed by atoms with Crippen LogP contribution in [-0.4, -0.2) is 60.4 Å². The van der Waals surface area contributed by atoms with E-state index in [2.05, 4.69) is 51.0 Å². The molecule has 5 rings (SSSR count). The summed E-state index contributed by atoms with van der Waals surface area (Å²) in [5, 5.41) is 0. The summed E-state index contributed by atoms with van der Waals surface area (Å²) in [7, 11) is -4.66. The fourth-order valence-electron chi connectivity index (χ4n) is 5.85. The van der Waals surface area contributed by atoms with Gasteiger partial charge in [0, 0.05) is 55.4 Å². The quantitative estimate of drug-likeness (QED) is 0.0794. The molecule has 2 atom stereocenters. The topological polar surface area (TPSA) is 122 Å². The molecule has 0 unspecified atom stereocenters. The van der Waals surface area contributed by atoms with Crippen LogP contribution in [0.25, 0.3) is 11.1 Å². The van der Waals surface area contributed by atoms with Crippen LogP contribution in [0.15, 0.2) is 83.3 Å². The van der Waals surface area contributed by atoms with Crippen LogP contribution in [0, 0.1) is 5.41 Å². The number of alkyl halides is 3. The minimum absolute atomic E-state index is 0. The Morgan fingerprint density at radius 3 is 2.29 bits per heavy atom. The van der Waals surface area contributed by atoms with E-state index < -0.39 is 15.6 Å². The summed E-state index contributed by atoms with van der Waals surface area (Å²) in [6.07, 6.45) is 4.88. The number of carbonyl (C=O) groups is 1. The van der Waals surface area contributed by atoms with Crippen molar-refractivity contribution in [2.24, 2.45) is 15.4 Å². The number of aromatic nitrogens is 1. The first-order chi connectivity index (χ1) is 22.5. The van der Waals surface area contributed by atoms with Crippen molar-refractivity contribution in [2.45, 2.75) is 70.5 Å². The van der Waals surface area contributed by atoms with E-state index >= 15 is 0 Å². The minimum atomic E-state index is -6.09. The van der Waals surface area contributed by atoms with Crippen LogP contribution in [0.3, 0.4) is 0 Å². The Bertz CT molecular complexity index is 1830. The number of ether oxygens (including phenoxy) is 2. The molecule has 0 N–H and O–H groups in total. The maximum absolute atomic E-state index is 12.9. The molecule has 9 nitrogen and oxygen atoms in total. The third kappa shape index (κ3) is 8.61. The average Bonchev–Trinajstić information content (AvgIpc) is 3.70. The number of benzene rings is 2. The monoisotopic (exact) mass is 881 g/mol. The van der Waals surface area contributed by atoms with E-state index in [0.29, 0.717) is 23.9 Å². The molecule has 2 aliphatic heterocycles. The van der Waals surface area contributed by atoms with Gasteiger partial charge < -0.3 is 18.6 Å². The van der Waals surface area contributed by atoms with Crippen LogP contribution in [0.4, 0.5) is 18.9 Å². The molecule has 3 heterocycles. The maximum Gasteiger partial charge on any atom is 0.485 e. The Balaban J connectivity index is 0.000000645. The van der Waals surface area contributed by atoms with Gasteiger partial charge in [-0.05, 0) is 36.8 Å². The number of esters is 1. The van der Waals surface area contributed by atoms with Crippen LogP contribution in [0.5, 0.6) is 0 Å². The number of aliphatic imine (C=N–C) groups is 2. The molecule has 3 aromatic rings. The fourth-order valence-corrected chi connectivity index (χ4v) is 5.85. The van der Waals surface area contributed by atoms with E-state index in [1.54, 1.807) is 0 Å². The molecule has 0 saturated heterocycles. The number of rotatable bonds is 7. The van der Waals surface area contributed by atoms with E-state index in [1.165, 1.54) is 7.11 Å². The van der Waals surface area contributed by atoms with Gasteiger partial charge in [0.05, 0.1) is 18.8 Å². The Morgan fingerprint density at radius 1 is 1.14 bits per heavy atom. The van der Waals surface area contributed by atoms with Crippen molar-refractivity contribution in [3.8, 4) is 11.1 Å². The molecule has 1 aromatic heterocycles. The zero-order valence-electron chi connectivity index (χ0n) is 27.8. The molecule has 0 bridgehead atoms. The first kappa shape index (κ1) is 39.9. The number of carbonyl (C=O) groups excluding carboxylic acids is 1. The van der Waals surface area contributed by atoms with Gasteiger partial charge in [0.1, 0.15) is 18.0 Å². The van der Waals surface area contributed by atoms with Gasteiger partial charge in [-0.2, -0.15) is 13.2 Å². The molecular formula is C35H39F3N3O6PtS-. The van der Waals surface area contributed by atoms with Crippen LogP contribution in [0.1, 0.15) is 68.7 Å². The van der Waals surface area contributed by atoms with Crippen molar-refractivity contribution in [1.82, 2.24) is 4.57 Å². The van der Waals surface area contributed by atoms with Crippen LogP contribution in [0.2, 0.25) is 0 Å². The molecule has 49 heavy (non-hydrogen) atoms. The summed E-state index contributed by atoms with van der Waals surface area (Å²) in [5.41, 5.74) is 0.0958. The Labute approximate surface area is 299 Å². The van der Waals surface area contributed by atoms with Gasteiger partial charge in [0.25, 0.3) is 0 Å². The second-order valence-corrected chi connectivity index (χ2v) is 14.0. The normalized spacial score (nSPS) is 19.3. The smallest absolute Gasteiger partial charge is 0.485 e. The molecule has 0 amide bonds. The number of allylic oxidation sites excluding steroid dienone is 1. The van der Waals surface area contributed by atoms with E-state index in [1.807, 2.05) is 54.6 Å². The summed E-state index contributed by atoms with van der Waals surface area (Å²) < 4.78 is 72.4. The van der Waals surface area contributed by atoms with Gasteiger partial charge in [-0.25, -0.2) is 23.2 Å². The average molecular weight is 882 g/mol. The number of para-hydroxylation sites is 1. The van der Waals surface area contributed by atoms with Crippen LogP contribution in [-0.2, 0) is 52.6 Å². The third-order valence-electron chi connectivity index (χ3n) is 8.60. The van der Waals surface area contributed by atoms with Crippen molar-refractivity contribution in [1.29, 1.82) is 0 Å². The van der Waals surface area contributed by atoms with Crippen molar-refractivity contribution in [3.63, 3.8) is 0 Å². The molecule has 2 aliphatic rings. The number of methoxy groups -OCH3 is 1. The molecule has 0 radical (unpaired) electrons. The summed E-state index contributed by atoms with van der Waals surface area (Å²) in [4.78, 5) is 23.1. The van der Waals surface area contributed by atoms with E-state index in [9.17, 15) is 18.0 Å². The zero-order chi connectivity index (χ0) is 35.5. The second kappa shape index (κ2) is 15.6. The molecule has 268 valence electrons. The summed E-state index contributed by atoms with van der Waals surface area (Å²) in [6, 6.07) is 20.2. The Hall–Kier alpha value is -3.54. The van der Waals surface area contributed by atoms with Gasteiger partial charge >= 0.3 is 11.5 Å². The second-order valence-electron chi connectivity index (χ2n) is 12.6. The SMILES string of the molecule is C=C[C@@]1(CC)CCCn2c(C(=O)OC)cc(-c3ccccc3N=C(C3=N[C@H](C(C)(C)C)CO3)c3ccccc3)c21.O=S(=O)([O-])C(F)(F)F.[Pt]. The largest absolute Gasteiger partial charge is 0.741 e. The van der Waals surface area contributed by atoms with Crippen LogP contribution < -0.4 is 0 Å². The molecule has 0 spiro atoms. The molecule has 0 aliphatic carbocycles. The number of halogens is 3. The van der Waals surface area contributed by atoms with E-state index in [0.717, 1.165) is 53.9 Å². The predicted octanol–water partition coefficient (Wildman–Crippen LogP) is 7.58. The Kier molecular flexibility index (Phi) is 12.7. The third-order valence-corrected chi connectivity index (χ3v) is 9.17. The summed E-state index contributed by atoms with van der Waals surface area (Å²) in [5.74, 6) is 0.223. The van der Waals surface area contributed by atoms with Gasteiger partial charge in [0.2, 0.25) is 5.90 Å². The molecule has 0 saturated carbocycles. The van der Waals surface area contributed by atoms with Gasteiger partial charge in [-0.3, -0.25) is 0 Å². The van der Waals surface area contributed by atoms with E-state index in [-0.39, 0.29) is 43.9 Å².